The number of rotatable bonds is 5. The van der Waals surface area contributed by atoms with E-state index in [1.165, 1.54) is 0 Å². The number of imidazole rings is 1. The highest BCUT2D eigenvalue weighted by Crippen LogP contribution is 2.33. The monoisotopic (exact) mass is 452 g/mol. The first-order valence-electron chi connectivity index (χ1n) is 11.1. The fraction of sp³-hybridized carbons (Fsp3) is 0.185. The number of nitrogens with zero attached hydrogens (tertiary/aromatic N) is 4. The third-order valence-corrected chi connectivity index (χ3v) is 6.25. The van der Waals surface area contributed by atoms with Crippen molar-refractivity contribution in [1.82, 2.24) is 14.5 Å². The van der Waals surface area contributed by atoms with Crippen molar-refractivity contribution in [2.45, 2.75) is 33.4 Å². The van der Waals surface area contributed by atoms with Crippen LogP contribution < -0.4 is 4.90 Å². The Labute approximate surface area is 197 Å². The van der Waals surface area contributed by atoms with Crippen LogP contribution in [0.3, 0.4) is 0 Å². The molecule has 2 aromatic heterocycles. The van der Waals surface area contributed by atoms with Crippen LogP contribution >= 0.6 is 0 Å². The summed E-state index contributed by atoms with van der Waals surface area (Å²) in [7, 11) is 0. The molecular weight excluding hydrogens is 428 g/mol. The highest BCUT2D eigenvalue weighted by atomic mass is 16.4. The molecule has 0 atom stereocenters. The molecule has 1 aliphatic rings. The van der Waals surface area contributed by atoms with Crippen molar-refractivity contribution < 1.29 is 14.7 Å². The van der Waals surface area contributed by atoms with Gasteiger partial charge in [0.05, 0.1) is 12.1 Å². The lowest BCUT2D eigenvalue weighted by Crippen LogP contribution is -2.24. The number of carbonyl (C=O) groups is 2. The molecule has 1 aliphatic heterocycles. The third kappa shape index (κ3) is 3.55. The van der Waals surface area contributed by atoms with Crippen molar-refractivity contribution in [3.63, 3.8) is 0 Å². The average Bonchev–Trinajstić information content (AvgIpc) is 3.44. The Morgan fingerprint density at radius 2 is 1.85 bits per heavy atom. The van der Waals surface area contributed by atoms with E-state index in [-0.39, 0.29) is 17.5 Å². The van der Waals surface area contributed by atoms with Gasteiger partial charge in [0.2, 0.25) is 0 Å². The van der Waals surface area contributed by atoms with Crippen LogP contribution in [0.1, 0.15) is 51.7 Å². The molecule has 3 heterocycles. The summed E-state index contributed by atoms with van der Waals surface area (Å²) in [6, 6.07) is 16.8. The molecule has 0 unspecified atom stereocenters. The van der Waals surface area contributed by atoms with Gasteiger partial charge in [-0.2, -0.15) is 0 Å². The Kier molecular flexibility index (Phi) is 5.24. The normalized spacial score (nSPS) is 12.9. The minimum absolute atomic E-state index is 0.124. The number of pyridine rings is 1. The van der Waals surface area contributed by atoms with Gasteiger partial charge in [0, 0.05) is 24.0 Å². The van der Waals surface area contributed by atoms with E-state index in [1.54, 1.807) is 30.2 Å². The number of aromatic carboxylic acids is 1. The summed E-state index contributed by atoms with van der Waals surface area (Å²) in [5.41, 5.74) is 4.77. The zero-order valence-electron chi connectivity index (χ0n) is 19.2. The summed E-state index contributed by atoms with van der Waals surface area (Å²) in [6.07, 6.45) is 3.68. The first-order valence-corrected chi connectivity index (χ1v) is 11.1. The Morgan fingerprint density at radius 1 is 1.06 bits per heavy atom. The quantitative estimate of drug-likeness (QED) is 0.440. The molecule has 1 N–H and O–H groups in total. The van der Waals surface area contributed by atoms with Crippen LogP contribution in [0.4, 0.5) is 5.82 Å². The molecule has 4 aromatic rings. The number of anilines is 1. The number of fused-ring (bicyclic) bond motifs is 1. The molecule has 0 spiro atoms. The van der Waals surface area contributed by atoms with Gasteiger partial charge in [0.25, 0.3) is 5.91 Å². The lowest BCUT2D eigenvalue weighted by atomic mass is 9.94. The Morgan fingerprint density at radius 3 is 2.62 bits per heavy atom. The molecule has 0 radical (unpaired) electrons. The van der Waals surface area contributed by atoms with Gasteiger partial charge in [-0.3, -0.25) is 9.69 Å². The fourth-order valence-electron chi connectivity index (χ4n) is 4.46. The first-order chi connectivity index (χ1) is 16.3. The van der Waals surface area contributed by atoms with Crippen LogP contribution in [-0.2, 0) is 6.54 Å². The zero-order chi connectivity index (χ0) is 24.0. The molecule has 0 aliphatic carbocycles. The van der Waals surface area contributed by atoms with Gasteiger partial charge in [0.15, 0.2) is 5.82 Å². The van der Waals surface area contributed by atoms with E-state index in [4.69, 9.17) is 4.98 Å². The van der Waals surface area contributed by atoms with Crippen LogP contribution in [0.25, 0.3) is 22.6 Å². The minimum Gasteiger partial charge on any atom is -0.478 e. The number of hydrogen-bond acceptors (Lipinski definition) is 4. The summed E-state index contributed by atoms with van der Waals surface area (Å²) in [5, 5.41) is 9.46. The summed E-state index contributed by atoms with van der Waals surface area (Å²) in [4.78, 5) is 35.8. The molecule has 0 fully saturated rings. The molecule has 170 valence electrons. The predicted octanol–water partition coefficient (Wildman–Crippen LogP) is 5.36. The second-order valence-electron chi connectivity index (χ2n) is 8.68. The van der Waals surface area contributed by atoms with E-state index >= 15 is 0 Å². The summed E-state index contributed by atoms with van der Waals surface area (Å²) in [6.45, 7) is 6.39. The van der Waals surface area contributed by atoms with E-state index in [9.17, 15) is 14.7 Å². The van der Waals surface area contributed by atoms with Crippen molar-refractivity contribution in [3.05, 3.63) is 89.2 Å². The fourth-order valence-corrected chi connectivity index (χ4v) is 4.46. The van der Waals surface area contributed by atoms with Gasteiger partial charge in [-0.05, 0) is 67.3 Å². The van der Waals surface area contributed by atoms with E-state index in [0.717, 1.165) is 22.5 Å². The highest BCUT2D eigenvalue weighted by molar-refractivity contribution is 6.10. The Hall–Kier alpha value is -4.26. The molecule has 34 heavy (non-hydrogen) atoms. The number of carboxylic acid groups (broad SMARTS) is 1. The third-order valence-electron chi connectivity index (χ3n) is 6.25. The standard InChI is InChI=1S/C27H24N4O3/c1-16(2)30-13-12-28-25(30)23-8-5-9-24(29-23)31-15-19-11-10-18(14-22(19)26(31)32)20-6-4-7-21(17(20)3)27(33)34/h4-14,16H,15H2,1-3H3,(H,33,34). The average molecular weight is 453 g/mol. The van der Waals surface area contributed by atoms with Crippen molar-refractivity contribution >= 4 is 17.7 Å². The van der Waals surface area contributed by atoms with Crippen LogP contribution in [0.15, 0.2) is 67.0 Å². The van der Waals surface area contributed by atoms with Crippen LogP contribution in [0, 0.1) is 6.92 Å². The zero-order valence-corrected chi connectivity index (χ0v) is 19.2. The maximum Gasteiger partial charge on any atom is 0.335 e. The van der Waals surface area contributed by atoms with Crippen molar-refractivity contribution in [1.29, 1.82) is 0 Å². The largest absolute Gasteiger partial charge is 0.478 e. The van der Waals surface area contributed by atoms with Crippen LogP contribution in [0.5, 0.6) is 0 Å². The number of hydrogen-bond donors (Lipinski definition) is 1. The summed E-state index contributed by atoms with van der Waals surface area (Å²) >= 11 is 0. The number of benzene rings is 2. The van der Waals surface area contributed by atoms with Gasteiger partial charge in [0.1, 0.15) is 11.5 Å². The van der Waals surface area contributed by atoms with Crippen molar-refractivity contribution in [3.8, 4) is 22.6 Å². The topological polar surface area (TPSA) is 88.3 Å². The van der Waals surface area contributed by atoms with Gasteiger partial charge >= 0.3 is 5.97 Å². The summed E-state index contributed by atoms with van der Waals surface area (Å²) < 4.78 is 2.05. The predicted molar refractivity (Wildman–Crippen MR) is 130 cm³/mol. The van der Waals surface area contributed by atoms with Crippen LogP contribution in [-0.4, -0.2) is 31.5 Å². The maximum absolute atomic E-state index is 13.4. The van der Waals surface area contributed by atoms with E-state index in [1.807, 2.05) is 53.2 Å². The molecule has 7 nitrogen and oxygen atoms in total. The molecule has 7 heteroatoms. The highest BCUT2D eigenvalue weighted by Gasteiger charge is 2.30. The first kappa shape index (κ1) is 21.6. The second-order valence-corrected chi connectivity index (χ2v) is 8.68. The second kappa shape index (κ2) is 8.26. The van der Waals surface area contributed by atoms with Gasteiger partial charge < -0.3 is 9.67 Å². The SMILES string of the molecule is Cc1c(C(=O)O)cccc1-c1ccc2c(c1)C(=O)N(c1cccc(-c3nccn3C(C)C)n1)C2. The Balaban J connectivity index is 1.49. The number of carbonyl (C=O) groups excluding carboxylic acids is 1. The van der Waals surface area contributed by atoms with E-state index in [0.29, 0.717) is 29.2 Å². The van der Waals surface area contributed by atoms with Gasteiger partial charge in [-0.1, -0.05) is 30.3 Å². The van der Waals surface area contributed by atoms with Crippen molar-refractivity contribution in [2.24, 2.45) is 0 Å². The van der Waals surface area contributed by atoms with Gasteiger partial charge in [-0.25, -0.2) is 14.8 Å². The van der Waals surface area contributed by atoms with Crippen LogP contribution in [0.2, 0.25) is 0 Å². The maximum atomic E-state index is 13.4. The number of carboxylic acids is 1. The lowest BCUT2D eigenvalue weighted by Gasteiger charge is -2.16. The molecule has 0 bridgehead atoms. The number of aromatic nitrogens is 3. The van der Waals surface area contributed by atoms with Crippen molar-refractivity contribution in [2.75, 3.05) is 4.90 Å². The van der Waals surface area contributed by atoms with E-state index < -0.39 is 5.97 Å². The lowest BCUT2D eigenvalue weighted by molar-refractivity contribution is 0.0696. The molecule has 1 amide bonds. The molecule has 0 saturated carbocycles. The molecule has 0 saturated heterocycles. The van der Waals surface area contributed by atoms with Gasteiger partial charge in [-0.15, -0.1) is 0 Å². The molecule has 5 rings (SSSR count). The number of amides is 1. The molecular formula is C27H24N4O3. The Bertz CT molecular complexity index is 1440. The molecule has 2 aromatic carbocycles. The smallest absolute Gasteiger partial charge is 0.335 e. The summed E-state index contributed by atoms with van der Waals surface area (Å²) in [5.74, 6) is 0.243. The minimum atomic E-state index is -0.966. The van der Waals surface area contributed by atoms with E-state index in [2.05, 4.69) is 18.8 Å².